The Bertz CT molecular complexity index is 321. The van der Waals surface area contributed by atoms with E-state index in [1.807, 2.05) is 6.08 Å². The van der Waals surface area contributed by atoms with E-state index in [0.29, 0.717) is 0 Å². The Balaban J connectivity index is 3.23. The van der Waals surface area contributed by atoms with E-state index in [9.17, 15) is 9.90 Å². The fourth-order valence-corrected chi connectivity index (χ4v) is 2.47. The lowest BCUT2D eigenvalue weighted by Gasteiger charge is -2.01. The van der Waals surface area contributed by atoms with Crippen LogP contribution in [-0.2, 0) is 4.79 Å². The molecule has 0 aliphatic heterocycles. The van der Waals surface area contributed by atoms with Gasteiger partial charge in [-0.15, -0.1) is 0 Å². The van der Waals surface area contributed by atoms with Crippen molar-refractivity contribution in [2.45, 2.75) is 96.5 Å². The standard InChI is InChI=1S/C20H36O3/c1-2-3-4-5-6-7-8-9-10-11-12-13-14-15-16-17-19(21)18-20(22)23/h5-6,16-17,19,21H,2-4,7-15,18H2,1H3,(H,22,23)/b6-5-,17-16-. The largest absolute Gasteiger partial charge is 0.481 e. The van der Waals surface area contributed by atoms with Gasteiger partial charge in [0.15, 0.2) is 0 Å². The van der Waals surface area contributed by atoms with Gasteiger partial charge in [-0.1, -0.05) is 76.2 Å². The van der Waals surface area contributed by atoms with Crippen molar-refractivity contribution in [3.63, 3.8) is 0 Å². The summed E-state index contributed by atoms with van der Waals surface area (Å²) in [5, 5.41) is 17.9. The van der Waals surface area contributed by atoms with Crippen LogP contribution in [0.2, 0.25) is 0 Å². The molecule has 1 atom stereocenters. The van der Waals surface area contributed by atoms with E-state index < -0.39 is 12.1 Å². The average Bonchev–Trinajstić information content (AvgIpc) is 2.50. The number of carboxylic acids is 1. The second-order valence-corrected chi connectivity index (χ2v) is 6.26. The first-order valence-corrected chi connectivity index (χ1v) is 9.38. The molecule has 0 spiro atoms. The number of aliphatic hydroxyl groups excluding tert-OH is 1. The van der Waals surface area contributed by atoms with Gasteiger partial charge in [0.1, 0.15) is 0 Å². The number of allylic oxidation sites excluding steroid dienone is 3. The van der Waals surface area contributed by atoms with Crippen LogP contribution in [0.5, 0.6) is 0 Å². The topological polar surface area (TPSA) is 57.5 Å². The number of unbranched alkanes of at least 4 members (excludes halogenated alkanes) is 10. The smallest absolute Gasteiger partial charge is 0.306 e. The van der Waals surface area contributed by atoms with Crippen molar-refractivity contribution in [2.75, 3.05) is 0 Å². The minimum absolute atomic E-state index is 0.204. The zero-order valence-electron chi connectivity index (χ0n) is 14.9. The molecular weight excluding hydrogens is 288 g/mol. The maximum atomic E-state index is 10.4. The van der Waals surface area contributed by atoms with Crippen LogP contribution in [0, 0.1) is 0 Å². The first-order valence-electron chi connectivity index (χ1n) is 9.38. The lowest BCUT2D eigenvalue weighted by atomic mass is 10.1. The number of aliphatic carboxylic acids is 1. The lowest BCUT2D eigenvalue weighted by molar-refractivity contribution is -0.138. The van der Waals surface area contributed by atoms with Crippen LogP contribution in [0.25, 0.3) is 0 Å². The highest BCUT2D eigenvalue weighted by atomic mass is 16.4. The molecule has 0 aromatic rings. The third-order valence-electron chi connectivity index (χ3n) is 3.87. The molecule has 0 radical (unpaired) electrons. The third-order valence-corrected chi connectivity index (χ3v) is 3.87. The van der Waals surface area contributed by atoms with Crippen LogP contribution >= 0.6 is 0 Å². The van der Waals surface area contributed by atoms with E-state index >= 15 is 0 Å². The molecule has 0 aliphatic carbocycles. The molecule has 23 heavy (non-hydrogen) atoms. The van der Waals surface area contributed by atoms with E-state index in [1.54, 1.807) is 6.08 Å². The number of carbonyl (C=O) groups is 1. The second kappa shape index (κ2) is 17.3. The minimum atomic E-state index is -0.960. The van der Waals surface area contributed by atoms with Gasteiger partial charge in [-0.05, 0) is 32.1 Å². The summed E-state index contributed by atoms with van der Waals surface area (Å²) in [6.07, 6.45) is 22.0. The number of carboxylic acid groups (broad SMARTS) is 1. The van der Waals surface area contributed by atoms with Crippen LogP contribution < -0.4 is 0 Å². The molecular formula is C20H36O3. The van der Waals surface area contributed by atoms with E-state index in [1.165, 1.54) is 64.2 Å². The van der Waals surface area contributed by atoms with Gasteiger partial charge in [-0.3, -0.25) is 4.79 Å². The molecule has 134 valence electrons. The molecule has 0 fully saturated rings. The molecule has 2 N–H and O–H groups in total. The predicted octanol–water partition coefficient (Wildman–Crippen LogP) is 5.64. The van der Waals surface area contributed by atoms with Crippen molar-refractivity contribution in [1.82, 2.24) is 0 Å². The van der Waals surface area contributed by atoms with Crippen molar-refractivity contribution in [2.24, 2.45) is 0 Å². The SMILES string of the molecule is CCCC/C=C\CCCCCCCCC/C=C\C(O)CC(=O)O. The Labute approximate surface area is 142 Å². The Morgan fingerprint density at radius 1 is 0.826 bits per heavy atom. The molecule has 1 unspecified atom stereocenters. The van der Waals surface area contributed by atoms with E-state index in [-0.39, 0.29) is 6.42 Å². The molecule has 0 rings (SSSR count). The Hall–Kier alpha value is -1.09. The van der Waals surface area contributed by atoms with Gasteiger partial charge < -0.3 is 10.2 Å². The summed E-state index contributed by atoms with van der Waals surface area (Å²) >= 11 is 0. The van der Waals surface area contributed by atoms with E-state index in [2.05, 4.69) is 19.1 Å². The van der Waals surface area contributed by atoms with Gasteiger partial charge in [-0.2, -0.15) is 0 Å². The van der Waals surface area contributed by atoms with Crippen LogP contribution in [0.1, 0.15) is 90.4 Å². The third kappa shape index (κ3) is 18.9. The quantitative estimate of drug-likeness (QED) is 0.285. The van der Waals surface area contributed by atoms with Crippen molar-refractivity contribution < 1.29 is 15.0 Å². The molecule has 3 nitrogen and oxygen atoms in total. The number of rotatable bonds is 16. The number of aliphatic hydroxyl groups is 1. The summed E-state index contributed by atoms with van der Waals surface area (Å²) in [4.78, 5) is 10.4. The summed E-state index contributed by atoms with van der Waals surface area (Å²) in [6, 6.07) is 0. The first kappa shape index (κ1) is 21.9. The predicted molar refractivity (Wildman–Crippen MR) is 97.6 cm³/mol. The molecule has 0 saturated heterocycles. The molecule has 0 heterocycles. The van der Waals surface area contributed by atoms with Gasteiger partial charge >= 0.3 is 5.97 Å². The molecule has 0 aliphatic rings. The molecule has 0 aromatic heterocycles. The maximum absolute atomic E-state index is 10.4. The summed E-state index contributed by atoms with van der Waals surface area (Å²) in [5.74, 6) is -0.960. The van der Waals surface area contributed by atoms with Crippen LogP contribution in [0.3, 0.4) is 0 Å². The zero-order valence-corrected chi connectivity index (χ0v) is 14.9. The van der Waals surface area contributed by atoms with Crippen molar-refractivity contribution in [3.05, 3.63) is 24.3 Å². The zero-order chi connectivity index (χ0) is 17.2. The highest BCUT2D eigenvalue weighted by molar-refractivity contribution is 5.67. The van der Waals surface area contributed by atoms with E-state index in [0.717, 1.165) is 12.8 Å². The molecule has 0 bridgehead atoms. The highest BCUT2D eigenvalue weighted by Crippen LogP contribution is 2.10. The van der Waals surface area contributed by atoms with Crippen LogP contribution in [-0.4, -0.2) is 22.3 Å². The summed E-state index contributed by atoms with van der Waals surface area (Å²) in [6.45, 7) is 2.23. The van der Waals surface area contributed by atoms with Crippen molar-refractivity contribution in [3.8, 4) is 0 Å². The molecule has 0 aromatic carbocycles. The van der Waals surface area contributed by atoms with Crippen LogP contribution in [0.4, 0.5) is 0 Å². The van der Waals surface area contributed by atoms with Crippen LogP contribution in [0.15, 0.2) is 24.3 Å². The highest BCUT2D eigenvalue weighted by Gasteiger charge is 2.04. The van der Waals surface area contributed by atoms with Gasteiger partial charge in [0.2, 0.25) is 0 Å². The number of hydrogen-bond acceptors (Lipinski definition) is 2. The van der Waals surface area contributed by atoms with Gasteiger partial charge in [0.25, 0.3) is 0 Å². The molecule has 3 heteroatoms. The van der Waals surface area contributed by atoms with Crippen molar-refractivity contribution in [1.29, 1.82) is 0 Å². The fraction of sp³-hybridized carbons (Fsp3) is 0.750. The Morgan fingerprint density at radius 2 is 1.30 bits per heavy atom. The van der Waals surface area contributed by atoms with Gasteiger partial charge in [0.05, 0.1) is 12.5 Å². The second-order valence-electron chi connectivity index (χ2n) is 6.26. The summed E-state index contributed by atoms with van der Waals surface area (Å²) in [7, 11) is 0. The maximum Gasteiger partial charge on any atom is 0.306 e. The Morgan fingerprint density at radius 3 is 1.83 bits per heavy atom. The van der Waals surface area contributed by atoms with E-state index in [4.69, 9.17) is 5.11 Å². The Kier molecular flexibility index (Phi) is 16.4. The fourth-order valence-electron chi connectivity index (χ4n) is 2.47. The number of hydrogen-bond donors (Lipinski definition) is 2. The monoisotopic (exact) mass is 324 g/mol. The normalized spacial score (nSPS) is 13.1. The summed E-state index contributed by atoms with van der Waals surface area (Å²) in [5.41, 5.74) is 0. The van der Waals surface area contributed by atoms with Crippen molar-refractivity contribution >= 4 is 5.97 Å². The average molecular weight is 325 g/mol. The molecule has 0 amide bonds. The van der Waals surface area contributed by atoms with Gasteiger partial charge in [0, 0.05) is 0 Å². The molecule has 0 saturated carbocycles. The summed E-state index contributed by atoms with van der Waals surface area (Å²) < 4.78 is 0. The van der Waals surface area contributed by atoms with Gasteiger partial charge in [-0.25, -0.2) is 0 Å². The first-order chi connectivity index (χ1) is 11.2. The minimum Gasteiger partial charge on any atom is -0.481 e. The lowest BCUT2D eigenvalue weighted by Crippen LogP contribution is -2.09.